The predicted octanol–water partition coefficient (Wildman–Crippen LogP) is 6.16. The molecule has 4 nitrogen and oxygen atoms in total. The Kier molecular flexibility index (Phi) is 5.99. The quantitative estimate of drug-likeness (QED) is 0.506. The summed E-state index contributed by atoms with van der Waals surface area (Å²) in [6, 6.07) is 17.8. The minimum Gasteiger partial charge on any atom is -0.322 e. The van der Waals surface area contributed by atoms with Crippen molar-refractivity contribution in [3.8, 4) is 0 Å². The van der Waals surface area contributed by atoms with Crippen molar-refractivity contribution in [1.29, 1.82) is 0 Å². The standard InChI is InChI=1S/C22H15Cl2FN2O2S/c23-14-7-8-18(19(24)10-14)21(29)26-16-5-1-3-13(9-16)22-27(20(28)12-30-22)17-6-2-4-15(25)11-17/h1-11,22H,12H2,(H,26,29). The monoisotopic (exact) mass is 460 g/mol. The second-order valence-corrected chi connectivity index (χ2v) is 8.52. The maximum atomic E-state index is 13.7. The molecule has 3 aromatic carbocycles. The number of hydrogen-bond donors (Lipinski definition) is 1. The van der Waals surface area contributed by atoms with Crippen LogP contribution in [0, 0.1) is 5.82 Å². The second kappa shape index (κ2) is 8.68. The summed E-state index contributed by atoms with van der Waals surface area (Å²) in [7, 11) is 0. The van der Waals surface area contributed by atoms with Gasteiger partial charge >= 0.3 is 0 Å². The van der Waals surface area contributed by atoms with E-state index in [1.165, 1.54) is 30.0 Å². The van der Waals surface area contributed by atoms with Gasteiger partial charge in [0.1, 0.15) is 11.2 Å². The second-order valence-electron chi connectivity index (χ2n) is 6.61. The number of carbonyl (C=O) groups is 2. The summed E-state index contributed by atoms with van der Waals surface area (Å²) >= 11 is 13.5. The van der Waals surface area contributed by atoms with Gasteiger partial charge in [0, 0.05) is 16.4 Å². The van der Waals surface area contributed by atoms with E-state index in [9.17, 15) is 14.0 Å². The Morgan fingerprint density at radius 1 is 1.07 bits per heavy atom. The lowest BCUT2D eigenvalue weighted by molar-refractivity contribution is -0.115. The van der Waals surface area contributed by atoms with Gasteiger partial charge in [0.2, 0.25) is 5.91 Å². The zero-order valence-electron chi connectivity index (χ0n) is 15.4. The van der Waals surface area contributed by atoms with Crippen molar-refractivity contribution in [3.05, 3.63) is 93.7 Å². The molecule has 3 aromatic rings. The first-order valence-electron chi connectivity index (χ1n) is 8.98. The number of nitrogens with one attached hydrogen (secondary N) is 1. The van der Waals surface area contributed by atoms with Crippen molar-refractivity contribution in [2.75, 3.05) is 16.0 Å². The Morgan fingerprint density at radius 3 is 2.63 bits per heavy atom. The molecule has 0 radical (unpaired) electrons. The Balaban J connectivity index is 1.59. The number of nitrogens with zero attached hydrogens (tertiary/aromatic N) is 1. The number of benzene rings is 3. The minimum atomic E-state index is -0.406. The molecule has 1 aliphatic heterocycles. The Morgan fingerprint density at radius 2 is 1.87 bits per heavy atom. The van der Waals surface area contributed by atoms with Gasteiger partial charge in [-0.2, -0.15) is 0 Å². The highest BCUT2D eigenvalue weighted by Gasteiger charge is 2.34. The van der Waals surface area contributed by atoms with E-state index in [0.717, 1.165) is 5.56 Å². The summed E-state index contributed by atoms with van der Waals surface area (Å²) in [5, 5.41) is 3.19. The van der Waals surface area contributed by atoms with E-state index < -0.39 is 5.82 Å². The van der Waals surface area contributed by atoms with Crippen LogP contribution in [0.3, 0.4) is 0 Å². The fourth-order valence-corrected chi connectivity index (χ4v) is 4.88. The molecule has 0 saturated carbocycles. The van der Waals surface area contributed by atoms with Crippen LogP contribution in [0.5, 0.6) is 0 Å². The Labute approximate surface area is 187 Å². The lowest BCUT2D eigenvalue weighted by Crippen LogP contribution is -2.27. The maximum absolute atomic E-state index is 13.7. The van der Waals surface area contributed by atoms with Gasteiger partial charge in [-0.25, -0.2) is 4.39 Å². The van der Waals surface area contributed by atoms with Crippen molar-refractivity contribution in [1.82, 2.24) is 0 Å². The van der Waals surface area contributed by atoms with Gasteiger partial charge < -0.3 is 5.32 Å². The van der Waals surface area contributed by atoms with Crippen LogP contribution in [0.4, 0.5) is 15.8 Å². The van der Waals surface area contributed by atoms with Crippen LogP contribution in [-0.4, -0.2) is 17.6 Å². The third-order valence-electron chi connectivity index (χ3n) is 4.56. The molecule has 152 valence electrons. The summed E-state index contributed by atoms with van der Waals surface area (Å²) in [5.74, 6) is -0.584. The Hall–Kier alpha value is -2.54. The summed E-state index contributed by atoms with van der Waals surface area (Å²) in [5.41, 5.74) is 2.17. The molecule has 0 aromatic heterocycles. The minimum absolute atomic E-state index is 0.0991. The van der Waals surface area contributed by atoms with Crippen LogP contribution in [0.2, 0.25) is 10.0 Å². The van der Waals surface area contributed by atoms with E-state index in [1.54, 1.807) is 47.4 Å². The van der Waals surface area contributed by atoms with Gasteiger partial charge in [0.25, 0.3) is 5.91 Å². The van der Waals surface area contributed by atoms with E-state index in [0.29, 0.717) is 22.0 Å². The molecule has 1 N–H and O–H groups in total. The van der Waals surface area contributed by atoms with Gasteiger partial charge in [-0.3, -0.25) is 14.5 Å². The molecule has 4 rings (SSSR count). The van der Waals surface area contributed by atoms with Crippen LogP contribution in [0.25, 0.3) is 0 Å². The van der Waals surface area contributed by atoms with Crippen LogP contribution in [0.15, 0.2) is 66.7 Å². The topological polar surface area (TPSA) is 49.4 Å². The van der Waals surface area contributed by atoms with Crippen molar-refractivity contribution >= 4 is 58.2 Å². The summed E-state index contributed by atoms with van der Waals surface area (Å²) in [4.78, 5) is 26.6. The first-order chi connectivity index (χ1) is 14.4. The Bertz CT molecular complexity index is 1140. The molecule has 0 bridgehead atoms. The van der Waals surface area contributed by atoms with Crippen LogP contribution >= 0.6 is 35.0 Å². The number of rotatable bonds is 4. The van der Waals surface area contributed by atoms with E-state index in [-0.39, 0.29) is 28.0 Å². The molecule has 0 spiro atoms. The van der Waals surface area contributed by atoms with Crippen LogP contribution in [0.1, 0.15) is 21.3 Å². The van der Waals surface area contributed by atoms with Crippen molar-refractivity contribution in [2.24, 2.45) is 0 Å². The number of halogens is 3. The number of thioether (sulfide) groups is 1. The van der Waals surface area contributed by atoms with Crippen LogP contribution in [-0.2, 0) is 4.79 Å². The summed E-state index contributed by atoms with van der Waals surface area (Å²) in [6.45, 7) is 0. The lowest BCUT2D eigenvalue weighted by atomic mass is 10.1. The molecular formula is C22H15Cl2FN2O2S. The molecule has 1 unspecified atom stereocenters. The van der Waals surface area contributed by atoms with Crippen molar-refractivity contribution in [3.63, 3.8) is 0 Å². The van der Waals surface area contributed by atoms with E-state index in [4.69, 9.17) is 23.2 Å². The van der Waals surface area contributed by atoms with Gasteiger partial charge in [0.15, 0.2) is 0 Å². The lowest BCUT2D eigenvalue weighted by Gasteiger charge is -2.24. The number of carbonyl (C=O) groups excluding carboxylic acids is 2. The van der Waals surface area contributed by atoms with Gasteiger partial charge in [-0.1, -0.05) is 41.4 Å². The normalized spacial score (nSPS) is 16.0. The third kappa shape index (κ3) is 4.31. The van der Waals surface area contributed by atoms with E-state index in [2.05, 4.69) is 5.32 Å². The number of hydrogen-bond acceptors (Lipinski definition) is 3. The molecule has 1 atom stereocenters. The SMILES string of the molecule is O=C(Nc1cccc(C2SCC(=O)N2c2cccc(F)c2)c1)c1ccc(Cl)cc1Cl. The molecule has 0 aliphatic carbocycles. The molecule has 30 heavy (non-hydrogen) atoms. The van der Waals surface area contributed by atoms with Gasteiger partial charge in [0.05, 0.1) is 16.3 Å². The first kappa shape index (κ1) is 20.7. The van der Waals surface area contributed by atoms with E-state index >= 15 is 0 Å². The average molecular weight is 461 g/mol. The van der Waals surface area contributed by atoms with Crippen molar-refractivity contribution in [2.45, 2.75) is 5.37 Å². The highest BCUT2D eigenvalue weighted by atomic mass is 35.5. The van der Waals surface area contributed by atoms with Gasteiger partial charge in [-0.05, 0) is 54.1 Å². The first-order valence-corrected chi connectivity index (χ1v) is 10.8. The zero-order chi connectivity index (χ0) is 21.3. The fourth-order valence-electron chi connectivity index (χ4n) is 3.22. The molecule has 1 fully saturated rings. The fraction of sp³-hybridized carbons (Fsp3) is 0.0909. The molecule has 1 heterocycles. The maximum Gasteiger partial charge on any atom is 0.257 e. The predicted molar refractivity (Wildman–Crippen MR) is 120 cm³/mol. The highest BCUT2D eigenvalue weighted by Crippen LogP contribution is 2.42. The van der Waals surface area contributed by atoms with E-state index in [1.807, 2.05) is 6.07 Å². The van der Waals surface area contributed by atoms with Crippen LogP contribution < -0.4 is 10.2 Å². The van der Waals surface area contributed by atoms with Gasteiger partial charge in [-0.15, -0.1) is 11.8 Å². The smallest absolute Gasteiger partial charge is 0.257 e. The largest absolute Gasteiger partial charge is 0.322 e. The number of anilines is 2. The molecule has 8 heteroatoms. The summed E-state index contributed by atoms with van der Waals surface area (Å²) < 4.78 is 13.7. The zero-order valence-corrected chi connectivity index (χ0v) is 17.8. The average Bonchev–Trinajstić information content (AvgIpc) is 3.09. The summed E-state index contributed by atoms with van der Waals surface area (Å²) in [6.07, 6.45) is 0. The molecule has 1 saturated heterocycles. The molecular weight excluding hydrogens is 446 g/mol. The molecule has 2 amide bonds. The highest BCUT2D eigenvalue weighted by molar-refractivity contribution is 8.00. The molecule has 1 aliphatic rings. The van der Waals surface area contributed by atoms with Crippen molar-refractivity contribution < 1.29 is 14.0 Å². The number of amides is 2. The third-order valence-corrected chi connectivity index (χ3v) is 6.32.